The molecular formula is C50H99NO3. The van der Waals surface area contributed by atoms with E-state index in [2.05, 4.69) is 31.3 Å². The lowest BCUT2D eigenvalue weighted by Gasteiger charge is -2.22. The summed E-state index contributed by atoms with van der Waals surface area (Å²) >= 11 is 0. The molecule has 0 bridgehead atoms. The molecule has 0 radical (unpaired) electrons. The number of nitrogens with one attached hydrogen (secondary N) is 1. The smallest absolute Gasteiger partial charge is 0.220 e. The van der Waals surface area contributed by atoms with E-state index in [1.54, 1.807) is 0 Å². The van der Waals surface area contributed by atoms with Gasteiger partial charge in [-0.2, -0.15) is 0 Å². The second-order valence-corrected chi connectivity index (χ2v) is 17.2. The number of unbranched alkanes of at least 4 members (excludes halogenated alkanes) is 37. The quantitative estimate of drug-likeness (QED) is 0.0427. The van der Waals surface area contributed by atoms with Gasteiger partial charge in [-0.05, 0) is 38.5 Å². The molecule has 2 atom stereocenters. The van der Waals surface area contributed by atoms with Gasteiger partial charge in [-0.25, -0.2) is 0 Å². The molecule has 0 heterocycles. The van der Waals surface area contributed by atoms with Crippen LogP contribution in [0.5, 0.6) is 0 Å². The molecule has 2 unspecified atom stereocenters. The molecule has 0 aliphatic carbocycles. The Balaban J connectivity index is 3.47. The summed E-state index contributed by atoms with van der Waals surface area (Å²) in [5.41, 5.74) is 0. The number of aliphatic hydroxyl groups is 2. The Morgan fingerprint density at radius 3 is 1.02 bits per heavy atom. The highest BCUT2D eigenvalue weighted by Crippen LogP contribution is 2.17. The van der Waals surface area contributed by atoms with Crippen molar-refractivity contribution in [2.75, 3.05) is 6.61 Å². The number of rotatable bonds is 46. The van der Waals surface area contributed by atoms with Gasteiger partial charge in [0, 0.05) is 6.42 Å². The van der Waals surface area contributed by atoms with E-state index >= 15 is 0 Å². The lowest BCUT2D eigenvalue weighted by Crippen LogP contribution is -2.45. The molecule has 0 aromatic carbocycles. The molecule has 0 aliphatic heterocycles. The van der Waals surface area contributed by atoms with Gasteiger partial charge in [0.2, 0.25) is 5.91 Å². The number of carbonyl (C=O) groups is 1. The van der Waals surface area contributed by atoms with Crippen LogP contribution in [-0.2, 0) is 4.79 Å². The summed E-state index contributed by atoms with van der Waals surface area (Å²) in [6, 6.07) is -0.536. The minimum absolute atomic E-state index is 0.0310. The van der Waals surface area contributed by atoms with Crippen molar-refractivity contribution in [3.05, 3.63) is 12.2 Å². The van der Waals surface area contributed by atoms with Crippen LogP contribution in [0.4, 0.5) is 0 Å². The molecule has 0 aromatic rings. The zero-order chi connectivity index (χ0) is 39.3. The van der Waals surface area contributed by atoms with E-state index in [0.29, 0.717) is 12.8 Å². The van der Waals surface area contributed by atoms with Crippen molar-refractivity contribution in [2.45, 2.75) is 296 Å². The molecule has 1 amide bonds. The minimum atomic E-state index is -0.658. The van der Waals surface area contributed by atoms with Gasteiger partial charge in [-0.3, -0.25) is 4.79 Å². The molecule has 0 saturated carbocycles. The number of allylic oxidation sites excluding steroid dienone is 2. The van der Waals surface area contributed by atoms with Crippen molar-refractivity contribution in [1.82, 2.24) is 5.32 Å². The van der Waals surface area contributed by atoms with Crippen LogP contribution in [0.15, 0.2) is 12.2 Å². The molecular weight excluding hydrogens is 663 g/mol. The third-order valence-corrected chi connectivity index (χ3v) is 11.8. The van der Waals surface area contributed by atoms with E-state index in [-0.39, 0.29) is 12.5 Å². The predicted molar refractivity (Wildman–Crippen MR) is 239 cm³/mol. The first kappa shape index (κ1) is 53.1. The van der Waals surface area contributed by atoms with E-state index in [1.807, 2.05) is 0 Å². The van der Waals surface area contributed by atoms with Gasteiger partial charge in [0.05, 0.1) is 18.8 Å². The zero-order valence-corrected chi connectivity index (χ0v) is 37.0. The van der Waals surface area contributed by atoms with E-state index < -0.39 is 12.1 Å². The Kier molecular flexibility index (Phi) is 45.8. The van der Waals surface area contributed by atoms with Gasteiger partial charge in [0.1, 0.15) is 0 Å². The molecule has 4 nitrogen and oxygen atoms in total. The van der Waals surface area contributed by atoms with Gasteiger partial charge in [0.15, 0.2) is 0 Å². The summed E-state index contributed by atoms with van der Waals surface area (Å²) in [5.74, 6) is -0.0310. The summed E-state index contributed by atoms with van der Waals surface area (Å²) in [6.45, 7) is 4.39. The second kappa shape index (κ2) is 46.5. The number of amides is 1. The third-order valence-electron chi connectivity index (χ3n) is 11.8. The van der Waals surface area contributed by atoms with Crippen LogP contribution in [0.2, 0.25) is 0 Å². The van der Waals surface area contributed by atoms with E-state index in [1.165, 1.54) is 231 Å². The van der Waals surface area contributed by atoms with Gasteiger partial charge < -0.3 is 15.5 Å². The van der Waals surface area contributed by atoms with Crippen LogP contribution in [0.3, 0.4) is 0 Å². The van der Waals surface area contributed by atoms with Gasteiger partial charge in [-0.15, -0.1) is 0 Å². The molecule has 0 rings (SSSR count). The molecule has 0 fully saturated rings. The summed E-state index contributed by atoms with van der Waals surface area (Å²) in [4.78, 5) is 12.4. The Hall–Kier alpha value is -0.870. The highest BCUT2D eigenvalue weighted by atomic mass is 16.3. The number of hydrogen-bond donors (Lipinski definition) is 3. The van der Waals surface area contributed by atoms with E-state index in [0.717, 1.165) is 25.7 Å². The van der Waals surface area contributed by atoms with Crippen molar-refractivity contribution < 1.29 is 15.0 Å². The average molecular weight is 762 g/mol. The van der Waals surface area contributed by atoms with Crippen molar-refractivity contribution in [3.63, 3.8) is 0 Å². The fourth-order valence-electron chi connectivity index (χ4n) is 7.95. The van der Waals surface area contributed by atoms with Gasteiger partial charge in [0.25, 0.3) is 0 Å². The van der Waals surface area contributed by atoms with Crippen LogP contribution >= 0.6 is 0 Å². The highest BCUT2D eigenvalue weighted by molar-refractivity contribution is 5.76. The molecule has 3 N–H and O–H groups in total. The van der Waals surface area contributed by atoms with Crippen molar-refractivity contribution in [2.24, 2.45) is 0 Å². The molecule has 0 saturated heterocycles. The molecule has 322 valence electrons. The van der Waals surface area contributed by atoms with Crippen molar-refractivity contribution in [3.8, 4) is 0 Å². The number of carbonyl (C=O) groups excluding carboxylic acids is 1. The summed E-state index contributed by atoms with van der Waals surface area (Å²) in [7, 11) is 0. The lowest BCUT2D eigenvalue weighted by molar-refractivity contribution is -0.123. The van der Waals surface area contributed by atoms with Crippen LogP contribution in [0.25, 0.3) is 0 Å². The van der Waals surface area contributed by atoms with Gasteiger partial charge >= 0.3 is 0 Å². The number of hydrogen-bond acceptors (Lipinski definition) is 3. The number of aliphatic hydroxyl groups excluding tert-OH is 2. The molecule has 4 heteroatoms. The normalized spacial score (nSPS) is 12.9. The van der Waals surface area contributed by atoms with Crippen LogP contribution in [-0.4, -0.2) is 34.9 Å². The lowest BCUT2D eigenvalue weighted by atomic mass is 10.0. The fraction of sp³-hybridized carbons (Fsp3) is 0.940. The molecule has 0 spiro atoms. The summed E-state index contributed by atoms with van der Waals surface area (Å²) in [5, 5.41) is 23.3. The Bertz CT molecular complexity index is 739. The first-order chi connectivity index (χ1) is 26.7. The summed E-state index contributed by atoms with van der Waals surface area (Å²) < 4.78 is 0. The maximum Gasteiger partial charge on any atom is 0.220 e. The van der Waals surface area contributed by atoms with E-state index in [4.69, 9.17) is 0 Å². The largest absolute Gasteiger partial charge is 0.394 e. The maximum absolute atomic E-state index is 12.4. The Labute approximate surface area is 339 Å². The fourth-order valence-corrected chi connectivity index (χ4v) is 7.95. The zero-order valence-electron chi connectivity index (χ0n) is 37.0. The SMILES string of the molecule is CCCCCCCCCCCCCC/C=C\CCCCCCCCCC(=O)NC(CO)C(O)CCCCCCCCCCCCCCCCCCCCC. The first-order valence-corrected chi connectivity index (χ1v) is 24.9. The monoisotopic (exact) mass is 762 g/mol. The topological polar surface area (TPSA) is 69.6 Å². The predicted octanol–water partition coefficient (Wildman–Crippen LogP) is 15.8. The first-order valence-electron chi connectivity index (χ1n) is 24.9. The van der Waals surface area contributed by atoms with Crippen LogP contribution < -0.4 is 5.32 Å². The Morgan fingerprint density at radius 1 is 0.426 bits per heavy atom. The average Bonchev–Trinajstić information content (AvgIpc) is 3.18. The Morgan fingerprint density at radius 2 is 0.704 bits per heavy atom. The molecule has 0 aliphatic rings. The van der Waals surface area contributed by atoms with Crippen LogP contribution in [0.1, 0.15) is 284 Å². The standard InChI is InChI=1S/C50H99NO3/c1-3-5-7-9-11-13-15-17-19-21-23-24-25-26-28-30-32-34-36-38-40-42-44-46-50(54)51-48(47-52)49(53)45-43-41-39-37-35-33-31-29-27-22-20-18-16-14-12-10-8-6-4-2/h26,28,48-49,52-53H,3-25,27,29-47H2,1-2H3,(H,51,54)/b28-26-. The van der Waals surface area contributed by atoms with E-state index in [9.17, 15) is 15.0 Å². The maximum atomic E-state index is 12.4. The minimum Gasteiger partial charge on any atom is -0.394 e. The second-order valence-electron chi connectivity index (χ2n) is 17.2. The summed E-state index contributed by atoms with van der Waals surface area (Å²) in [6.07, 6.45) is 58.8. The highest BCUT2D eigenvalue weighted by Gasteiger charge is 2.20. The third kappa shape index (κ3) is 42.3. The van der Waals surface area contributed by atoms with Crippen LogP contribution in [0, 0.1) is 0 Å². The molecule has 54 heavy (non-hydrogen) atoms. The van der Waals surface area contributed by atoms with Crippen molar-refractivity contribution in [1.29, 1.82) is 0 Å². The van der Waals surface area contributed by atoms with Gasteiger partial charge in [-0.1, -0.05) is 251 Å². The van der Waals surface area contributed by atoms with Crippen molar-refractivity contribution >= 4 is 5.91 Å². The molecule has 0 aromatic heterocycles.